The summed E-state index contributed by atoms with van der Waals surface area (Å²) in [6.07, 6.45) is -2.27. The van der Waals surface area contributed by atoms with E-state index in [9.17, 15) is 23.6 Å². The largest absolute Gasteiger partial charge is 0.443 e. The van der Waals surface area contributed by atoms with E-state index in [0.717, 1.165) is 18.2 Å². The van der Waals surface area contributed by atoms with Crippen molar-refractivity contribution in [3.63, 3.8) is 0 Å². The zero-order valence-electron chi connectivity index (χ0n) is 26.8. The molecule has 4 rings (SSSR count). The van der Waals surface area contributed by atoms with E-state index in [1.807, 2.05) is 0 Å². The number of amides is 4. The highest BCUT2D eigenvalue weighted by molar-refractivity contribution is 6.54. The van der Waals surface area contributed by atoms with Gasteiger partial charge in [0.1, 0.15) is 21.4 Å². The maximum absolute atomic E-state index is 14.5. The second kappa shape index (κ2) is 14.3. The Morgan fingerprint density at radius 1 is 0.776 bits per heavy atom. The quantitative estimate of drug-likeness (QED) is 0.190. The number of hydrogen-bond donors (Lipinski definition) is 2. The fourth-order valence-electron chi connectivity index (χ4n) is 4.70. The Hall–Kier alpha value is -2.99. The van der Waals surface area contributed by atoms with Crippen molar-refractivity contribution in [2.24, 2.45) is 5.92 Å². The standard InChI is InChI=1S/C33H30Cl6FN3O6/c1-31(2,3)48-29(46)43(30(47)49-32(4,5)6)23-10-7-16(40)13-22(23)42-27(44)18-14-17(8-9-19(18)34)41-28(45)25-24(33(25,38)39)15-11-20(35)26(37)21(36)12-15/h7-14,24-25H,1-6H3,(H,41,45)(H,42,44)/t24-,25+/m0/s1. The predicted molar refractivity (Wildman–Crippen MR) is 192 cm³/mol. The van der Waals surface area contributed by atoms with Crippen LogP contribution in [0.2, 0.25) is 20.1 Å². The van der Waals surface area contributed by atoms with E-state index < -0.39 is 57.2 Å². The molecule has 0 aliphatic heterocycles. The lowest BCUT2D eigenvalue weighted by Gasteiger charge is -2.29. The van der Waals surface area contributed by atoms with Gasteiger partial charge >= 0.3 is 12.2 Å². The number of benzene rings is 3. The van der Waals surface area contributed by atoms with Gasteiger partial charge in [-0.15, -0.1) is 23.2 Å². The number of hydrogen-bond acceptors (Lipinski definition) is 6. The molecule has 1 aliphatic rings. The van der Waals surface area contributed by atoms with Crippen molar-refractivity contribution >= 4 is 111 Å². The van der Waals surface area contributed by atoms with Crippen molar-refractivity contribution in [1.82, 2.24) is 0 Å². The first kappa shape index (κ1) is 38.8. The highest BCUT2D eigenvalue weighted by Crippen LogP contribution is 2.65. The molecule has 16 heteroatoms. The first-order valence-corrected chi connectivity index (χ1v) is 16.8. The van der Waals surface area contributed by atoms with E-state index in [1.165, 1.54) is 30.3 Å². The Morgan fingerprint density at radius 2 is 1.33 bits per heavy atom. The van der Waals surface area contributed by atoms with Crippen molar-refractivity contribution in [3.05, 3.63) is 85.6 Å². The van der Waals surface area contributed by atoms with Crippen molar-refractivity contribution < 1.29 is 33.0 Å². The molecule has 0 spiro atoms. The van der Waals surface area contributed by atoms with Gasteiger partial charge in [-0.2, -0.15) is 4.90 Å². The molecule has 2 atom stereocenters. The summed E-state index contributed by atoms with van der Waals surface area (Å²) in [4.78, 5) is 53.9. The first-order valence-electron chi connectivity index (χ1n) is 14.5. The van der Waals surface area contributed by atoms with Crippen LogP contribution in [0.15, 0.2) is 48.5 Å². The molecule has 49 heavy (non-hydrogen) atoms. The lowest BCUT2D eigenvalue weighted by atomic mass is 10.1. The second-order valence-electron chi connectivity index (χ2n) is 13.0. The van der Waals surface area contributed by atoms with Gasteiger partial charge in [-0.1, -0.05) is 46.4 Å². The van der Waals surface area contributed by atoms with Gasteiger partial charge in [0.2, 0.25) is 5.91 Å². The smallest absolute Gasteiger partial charge is 0.424 e. The van der Waals surface area contributed by atoms with Crippen LogP contribution < -0.4 is 15.5 Å². The summed E-state index contributed by atoms with van der Waals surface area (Å²) < 4.78 is 23.9. The van der Waals surface area contributed by atoms with Crippen LogP contribution in [0.3, 0.4) is 0 Å². The summed E-state index contributed by atoms with van der Waals surface area (Å²) in [5.74, 6) is -3.86. The summed E-state index contributed by atoms with van der Waals surface area (Å²) >= 11 is 37.7. The Labute approximate surface area is 312 Å². The Morgan fingerprint density at radius 3 is 1.86 bits per heavy atom. The molecule has 4 amide bonds. The summed E-state index contributed by atoms with van der Waals surface area (Å²) in [5, 5.41) is 5.58. The molecule has 3 aromatic carbocycles. The molecule has 1 fully saturated rings. The second-order valence-corrected chi connectivity index (χ2v) is 16.1. The van der Waals surface area contributed by atoms with Crippen LogP contribution >= 0.6 is 69.6 Å². The molecule has 9 nitrogen and oxygen atoms in total. The molecule has 0 unspecified atom stereocenters. The zero-order valence-corrected chi connectivity index (χ0v) is 31.4. The number of imide groups is 1. The zero-order chi connectivity index (χ0) is 36.8. The maximum Gasteiger partial charge on any atom is 0.424 e. The van der Waals surface area contributed by atoms with Gasteiger partial charge < -0.3 is 20.1 Å². The van der Waals surface area contributed by atoms with Crippen LogP contribution in [-0.4, -0.2) is 39.5 Å². The number of nitrogens with zero attached hydrogens (tertiary/aromatic N) is 1. The number of carbonyl (C=O) groups is 4. The van der Waals surface area contributed by atoms with E-state index >= 15 is 0 Å². The molecule has 2 N–H and O–H groups in total. The minimum absolute atomic E-state index is 0.0385. The number of alkyl halides is 2. The maximum atomic E-state index is 14.5. The van der Waals surface area contributed by atoms with Crippen molar-refractivity contribution in [3.8, 4) is 0 Å². The highest BCUT2D eigenvalue weighted by Gasteiger charge is 2.67. The van der Waals surface area contributed by atoms with E-state index in [1.54, 1.807) is 41.5 Å². The minimum Gasteiger partial charge on any atom is -0.443 e. The summed E-state index contributed by atoms with van der Waals surface area (Å²) in [7, 11) is 0. The minimum atomic E-state index is -1.50. The van der Waals surface area contributed by atoms with Crippen LogP contribution in [0.4, 0.5) is 31.0 Å². The molecule has 0 radical (unpaired) electrons. The summed E-state index contributed by atoms with van der Waals surface area (Å²) in [5.41, 5.74) is -2.10. The van der Waals surface area contributed by atoms with E-state index in [2.05, 4.69) is 10.6 Å². The molecule has 0 saturated heterocycles. The molecular weight excluding hydrogens is 766 g/mol. The Bertz CT molecular complexity index is 1790. The van der Waals surface area contributed by atoms with Crippen molar-refractivity contribution in [2.75, 3.05) is 15.5 Å². The summed E-state index contributed by atoms with van der Waals surface area (Å²) in [6.45, 7) is 9.53. The van der Waals surface area contributed by atoms with Crippen LogP contribution in [-0.2, 0) is 14.3 Å². The van der Waals surface area contributed by atoms with Gasteiger partial charge in [-0.05, 0) is 95.6 Å². The Kier molecular flexibility index (Phi) is 11.3. The molecule has 3 aromatic rings. The molecule has 262 valence electrons. The molecular formula is C33H30Cl6FN3O6. The number of nitrogens with one attached hydrogen (secondary N) is 2. The number of ether oxygens (including phenoxy) is 2. The van der Waals surface area contributed by atoms with Crippen molar-refractivity contribution in [1.29, 1.82) is 0 Å². The molecule has 0 heterocycles. The lowest BCUT2D eigenvalue weighted by molar-refractivity contribution is -0.117. The number of anilines is 3. The van der Waals surface area contributed by atoms with Crippen LogP contribution in [0, 0.1) is 11.7 Å². The number of halogens is 7. The SMILES string of the molecule is CC(C)(C)OC(=O)N(C(=O)OC(C)(C)C)c1ccc(F)cc1NC(=O)c1cc(NC(=O)[C@H]2[C@H](c3cc(Cl)c(Cl)c(Cl)c3)C2(Cl)Cl)ccc1Cl. The number of rotatable bonds is 6. The summed E-state index contributed by atoms with van der Waals surface area (Å²) in [6, 6.07) is 10.1. The van der Waals surface area contributed by atoms with Crippen LogP contribution in [0.25, 0.3) is 0 Å². The van der Waals surface area contributed by atoms with E-state index in [4.69, 9.17) is 79.1 Å². The lowest BCUT2D eigenvalue weighted by Crippen LogP contribution is -2.44. The third-order valence-electron chi connectivity index (χ3n) is 6.78. The topological polar surface area (TPSA) is 114 Å². The third-order valence-corrected chi connectivity index (χ3v) is 9.25. The van der Waals surface area contributed by atoms with Gasteiger partial charge in [-0.25, -0.2) is 14.0 Å². The number of carbonyl (C=O) groups excluding carboxylic acids is 4. The fourth-order valence-corrected chi connectivity index (χ4v) is 6.34. The van der Waals surface area contributed by atoms with Crippen molar-refractivity contribution in [2.45, 2.75) is 63.0 Å². The van der Waals surface area contributed by atoms with Gasteiger partial charge in [0.15, 0.2) is 0 Å². The van der Waals surface area contributed by atoms with Gasteiger partial charge in [0.25, 0.3) is 5.91 Å². The third kappa shape index (κ3) is 9.22. The highest BCUT2D eigenvalue weighted by atomic mass is 35.5. The molecule has 1 saturated carbocycles. The van der Waals surface area contributed by atoms with Gasteiger partial charge in [0, 0.05) is 11.6 Å². The molecule has 0 aromatic heterocycles. The average molecular weight is 796 g/mol. The van der Waals surface area contributed by atoms with Gasteiger partial charge in [0.05, 0.1) is 42.9 Å². The van der Waals surface area contributed by atoms with E-state index in [-0.39, 0.29) is 42.7 Å². The fraction of sp³-hybridized carbons (Fsp3) is 0.333. The average Bonchev–Trinajstić information content (AvgIpc) is 3.53. The molecule has 1 aliphatic carbocycles. The first-order chi connectivity index (χ1) is 22.5. The normalized spacial score (nSPS) is 16.8. The molecule has 0 bridgehead atoms. The monoisotopic (exact) mass is 793 g/mol. The predicted octanol–water partition coefficient (Wildman–Crippen LogP) is 10.9. The van der Waals surface area contributed by atoms with Crippen LogP contribution in [0.5, 0.6) is 0 Å². The Balaban J connectivity index is 1.61. The van der Waals surface area contributed by atoms with E-state index in [0.29, 0.717) is 10.5 Å². The van der Waals surface area contributed by atoms with Gasteiger partial charge in [-0.3, -0.25) is 9.59 Å². The van der Waals surface area contributed by atoms with Crippen LogP contribution in [0.1, 0.15) is 63.4 Å².